The van der Waals surface area contributed by atoms with Crippen molar-refractivity contribution in [3.05, 3.63) is 0 Å². The van der Waals surface area contributed by atoms with E-state index in [1.54, 1.807) is 26.0 Å². The van der Waals surface area contributed by atoms with Crippen molar-refractivity contribution in [2.75, 3.05) is 47.0 Å². The Morgan fingerprint density at radius 2 is 2.14 bits per heavy atom. The number of esters is 1. The van der Waals surface area contributed by atoms with Crippen LogP contribution in [-0.4, -0.2) is 74.7 Å². The summed E-state index contributed by atoms with van der Waals surface area (Å²) in [6.45, 7) is 6.63. The highest BCUT2D eigenvalue weighted by Crippen LogP contribution is 2.20. The highest BCUT2D eigenvalue weighted by Gasteiger charge is 2.32. The molecule has 0 aromatic rings. The molecule has 0 unspecified atom stereocenters. The SMILES string of the molecule is CCOC(=O)[C@@H](C)N1CCC[C@@H](C(=O)N(C)CCOC)C1. The minimum atomic E-state index is -0.287. The van der Waals surface area contributed by atoms with E-state index in [0.29, 0.717) is 26.3 Å². The summed E-state index contributed by atoms with van der Waals surface area (Å²) in [5, 5.41) is 0. The minimum absolute atomic E-state index is 0.0440. The lowest BCUT2D eigenvalue weighted by molar-refractivity contribution is -0.151. The Morgan fingerprint density at radius 1 is 1.43 bits per heavy atom. The van der Waals surface area contributed by atoms with Crippen LogP contribution in [0.25, 0.3) is 0 Å². The number of rotatable bonds is 7. The Labute approximate surface area is 127 Å². The van der Waals surface area contributed by atoms with E-state index in [1.165, 1.54) is 0 Å². The molecule has 1 amide bonds. The Hall–Kier alpha value is -1.14. The molecule has 1 aliphatic rings. The van der Waals surface area contributed by atoms with Gasteiger partial charge < -0.3 is 14.4 Å². The van der Waals surface area contributed by atoms with Crippen LogP contribution < -0.4 is 0 Å². The van der Waals surface area contributed by atoms with E-state index < -0.39 is 0 Å². The van der Waals surface area contributed by atoms with E-state index in [4.69, 9.17) is 9.47 Å². The number of likely N-dealkylation sites (N-methyl/N-ethyl adjacent to an activating group) is 1. The van der Waals surface area contributed by atoms with Crippen molar-refractivity contribution in [3.63, 3.8) is 0 Å². The highest BCUT2D eigenvalue weighted by molar-refractivity contribution is 5.79. The van der Waals surface area contributed by atoms with Gasteiger partial charge in [0.2, 0.25) is 5.91 Å². The van der Waals surface area contributed by atoms with Gasteiger partial charge in [-0.3, -0.25) is 14.5 Å². The van der Waals surface area contributed by atoms with Gasteiger partial charge in [-0.25, -0.2) is 0 Å². The number of piperidine rings is 1. The zero-order chi connectivity index (χ0) is 15.8. The average molecular weight is 300 g/mol. The normalized spacial score (nSPS) is 20.9. The van der Waals surface area contributed by atoms with E-state index in [0.717, 1.165) is 19.4 Å². The quantitative estimate of drug-likeness (QED) is 0.650. The number of methoxy groups -OCH3 is 1. The predicted molar refractivity (Wildman–Crippen MR) is 79.9 cm³/mol. The van der Waals surface area contributed by atoms with Crippen LogP contribution in [-0.2, 0) is 19.1 Å². The first kappa shape index (κ1) is 17.9. The lowest BCUT2D eigenvalue weighted by Gasteiger charge is -2.36. The van der Waals surface area contributed by atoms with Gasteiger partial charge in [0.25, 0.3) is 0 Å². The zero-order valence-corrected chi connectivity index (χ0v) is 13.6. The van der Waals surface area contributed by atoms with Gasteiger partial charge in [0.05, 0.1) is 19.1 Å². The summed E-state index contributed by atoms with van der Waals surface area (Å²) >= 11 is 0. The van der Waals surface area contributed by atoms with Crippen molar-refractivity contribution in [3.8, 4) is 0 Å². The Morgan fingerprint density at radius 3 is 2.76 bits per heavy atom. The first-order valence-corrected chi connectivity index (χ1v) is 7.65. The smallest absolute Gasteiger partial charge is 0.323 e. The number of ether oxygens (including phenoxy) is 2. The fourth-order valence-corrected chi connectivity index (χ4v) is 2.62. The van der Waals surface area contributed by atoms with Gasteiger partial charge in [-0.1, -0.05) is 0 Å². The highest BCUT2D eigenvalue weighted by atomic mass is 16.5. The summed E-state index contributed by atoms with van der Waals surface area (Å²) < 4.78 is 10.1. The fraction of sp³-hybridized carbons (Fsp3) is 0.867. The summed E-state index contributed by atoms with van der Waals surface area (Å²) in [4.78, 5) is 28.0. The first-order chi connectivity index (χ1) is 10.0. The Kier molecular flexibility index (Phi) is 7.67. The molecule has 1 saturated heterocycles. The van der Waals surface area contributed by atoms with E-state index in [-0.39, 0.29) is 23.8 Å². The standard InChI is InChI=1S/C15H28N2O4/c1-5-21-15(19)12(2)17-8-6-7-13(11-17)14(18)16(3)9-10-20-4/h12-13H,5-11H2,1-4H3/t12-,13-/m1/s1. The lowest BCUT2D eigenvalue weighted by Crippen LogP contribution is -2.49. The second-order valence-corrected chi connectivity index (χ2v) is 5.51. The van der Waals surface area contributed by atoms with Crippen LogP contribution in [0, 0.1) is 5.92 Å². The van der Waals surface area contributed by atoms with Gasteiger partial charge in [0.15, 0.2) is 0 Å². The molecule has 1 aliphatic heterocycles. The van der Waals surface area contributed by atoms with Crippen LogP contribution >= 0.6 is 0 Å². The van der Waals surface area contributed by atoms with Crippen LogP contribution in [0.1, 0.15) is 26.7 Å². The number of carbonyl (C=O) groups excluding carboxylic acids is 2. The fourth-order valence-electron chi connectivity index (χ4n) is 2.62. The molecule has 21 heavy (non-hydrogen) atoms. The van der Waals surface area contributed by atoms with Crippen molar-refractivity contribution in [1.29, 1.82) is 0 Å². The maximum absolute atomic E-state index is 12.4. The van der Waals surface area contributed by atoms with Crippen LogP contribution in [0.15, 0.2) is 0 Å². The molecule has 122 valence electrons. The summed E-state index contributed by atoms with van der Waals surface area (Å²) in [5.41, 5.74) is 0. The van der Waals surface area contributed by atoms with Gasteiger partial charge >= 0.3 is 5.97 Å². The molecule has 0 spiro atoms. The topological polar surface area (TPSA) is 59.1 Å². The first-order valence-electron chi connectivity index (χ1n) is 7.65. The lowest BCUT2D eigenvalue weighted by atomic mass is 9.95. The Bertz CT molecular complexity index is 349. The third-order valence-corrected chi connectivity index (χ3v) is 3.98. The molecule has 1 heterocycles. The molecule has 0 aromatic carbocycles. The van der Waals surface area contributed by atoms with Gasteiger partial charge in [-0.2, -0.15) is 0 Å². The van der Waals surface area contributed by atoms with Crippen LogP contribution in [0.5, 0.6) is 0 Å². The van der Waals surface area contributed by atoms with E-state index in [2.05, 4.69) is 0 Å². The average Bonchev–Trinajstić information content (AvgIpc) is 2.51. The zero-order valence-electron chi connectivity index (χ0n) is 13.6. The molecule has 1 fully saturated rings. The van der Waals surface area contributed by atoms with Crippen molar-refractivity contribution < 1.29 is 19.1 Å². The third-order valence-electron chi connectivity index (χ3n) is 3.98. The van der Waals surface area contributed by atoms with Crippen LogP contribution in [0.2, 0.25) is 0 Å². The molecule has 6 heteroatoms. The second-order valence-electron chi connectivity index (χ2n) is 5.51. The number of likely N-dealkylation sites (tertiary alicyclic amines) is 1. The molecule has 0 radical (unpaired) electrons. The summed E-state index contributed by atoms with van der Waals surface area (Å²) in [5.74, 6) is -0.122. The van der Waals surface area contributed by atoms with E-state index >= 15 is 0 Å². The number of amides is 1. The van der Waals surface area contributed by atoms with Gasteiger partial charge in [0.1, 0.15) is 6.04 Å². The van der Waals surface area contributed by atoms with Gasteiger partial charge in [0, 0.05) is 27.2 Å². The number of carbonyl (C=O) groups is 2. The molecule has 0 aromatic heterocycles. The third kappa shape index (κ3) is 5.28. The molecular formula is C15H28N2O4. The molecule has 0 saturated carbocycles. The van der Waals surface area contributed by atoms with Crippen molar-refractivity contribution in [2.24, 2.45) is 5.92 Å². The predicted octanol–water partition coefficient (Wildman–Crippen LogP) is 0.755. The monoisotopic (exact) mass is 300 g/mol. The van der Waals surface area contributed by atoms with Crippen LogP contribution in [0.3, 0.4) is 0 Å². The maximum atomic E-state index is 12.4. The van der Waals surface area contributed by atoms with Crippen molar-refractivity contribution >= 4 is 11.9 Å². The van der Waals surface area contributed by atoms with Gasteiger partial charge in [-0.15, -0.1) is 0 Å². The largest absolute Gasteiger partial charge is 0.465 e. The summed E-state index contributed by atoms with van der Waals surface area (Å²) in [6.07, 6.45) is 1.81. The van der Waals surface area contributed by atoms with Crippen LogP contribution in [0.4, 0.5) is 0 Å². The van der Waals surface area contributed by atoms with E-state index in [9.17, 15) is 9.59 Å². The molecule has 0 N–H and O–H groups in total. The minimum Gasteiger partial charge on any atom is -0.465 e. The second kappa shape index (κ2) is 9.00. The van der Waals surface area contributed by atoms with E-state index in [1.807, 2.05) is 11.8 Å². The van der Waals surface area contributed by atoms with Crippen molar-refractivity contribution in [1.82, 2.24) is 9.80 Å². The molecule has 6 nitrogen and oxygen atoms in total. The summed E-state index contributed by atoms with van der Waals surface area (Å²) in [7, 11) is 3.43. The molecule has 0 aliphatic carbocycles. The maximum Gasteiger partial charge on any atom is 0.323 e. The molecule has 2 atom stereocenters. The molecule has 0 bridgehead atoms. The number of nitrogens with zero attached hydrogens (tertiary/aromatic N) is 2. The number of hydrogen-bond acceptors (Lipinski definition) is 5. The number of hydrogen-bond donors (Lipinski definition) is 0. The van der Waals surface area contributed by atoms with Gasteiger partial charge in [-0.05, 0) is 33.2 Å². The molecular weight excluding hydrogens is 272 g/mol. The summed E-state index contributed by atoms with van der Waals surface area (Å²) in [6, 6.07) is -0.287. The Balaban J connectivity index is 2.55. The van der Waals surface area contributed by atoms with Crippen molar-refractivity contribution in [2.45, 2.75) is 32.7 Å². The molecule has 1 rings (SSSR count).